The van der Waals surface area contributed by atoms with Gasteiger partial charge in [0.25, 0.3) is 5.91 Å². The van der Waals surface area contributed by atoms with Crippen molar-refractivity contribution in [1.29, 1.82) is 0 Å². The maximum atomic E-state index is 12.7. The minimum atomic E-state index is -0.453. The van der Waals surface area contributed by atoms with Crippen LogP contribution in [-0.2, 0) is 4.79 Å². The van der Waals surface area contributed by atoms with Crippen molar-refractivity contribution in [3.8, 4) is 0 Å². The second-order valence-corrected chi connectivity index (χ2v) is 6.00. The molecule has 2 N–H and O–H groups in total. The third-order valence-electron chi connectivity index (χ3n) is 3.63. The molecule has 0 aliphatic rings. The van der Waals surface area contributed by atoms with Crippen molar-refractivity contribution in [3.63, 3.8) is 0 Å². The van der Waals surface area contributed by atoms with Crippen molar-refractivity contribution in [3.05, 3.63) is 59.3 Å². The summed E-state index contributed by atoms with van der Waals surface area (Å²) in [4.78, 5) is 24.7. The maximum absolute atomic E-state index is 12.7. The lowest BCUT2D eigenvalue weighted by Gasteiger charge is -2.07. The molecule has 2 amide bonds. The second kappa shape index (κ2) is 7.40. The SMILES string of the molecule is CCCC(=O)Nc1c(C(=O)Nc2cccc(Cl)c2)oc2ccccc12. The average Bonchev–Trinajstić information content (AvgIpc) is 2.94. The summed E-state index contributed by atoms with van der Waals surface area (Å²) < 4.78 is 5.68. The van der Waals surface area contributed by atoms with E-state index in [1.54, 1.807) is 36.4 Å². The van der Waals surface area contributed by atoms with Crippen LogP contribution in [-0.4, -0.2) is 11.8 Å². The highest BCUT2D eigenvalue weighted by Crippen LogP contribution is 2.31. The number of carbonyl (C=O) groups is 2. The predicted molar refractivity (Wildman–Crippen MR) is 99.2 cm³/mol. The first-order valence-electron chi connectivity index (χ1n) is 7.96. The summed E-state index contributed by atoms with van der Waals surface area (Å²) in [6.45, 7) is 1.92. The molecule has 6 heteroatoms. The number of amides is 2. The number of benzene rings is 2. The van der Waals surface area contributed by atoms with Gasteiger partial charge in [0.1, 0.15) is 11.3 Å². The molecule has 0 aliphatic heterocycles. The number of furan rings is 1. The largest absolute Gasteiger partial charge is 0.449 e. The Kier molecular flexibility index (Phi) is 5.05. The fourth-order valence-corrected chi connectivity index (χ4v) is 2.70. The standard InChI is InChI=1S/C19H17ClN2O3/c1-2-6-16(23)22-17-14-9-3-4-10-15(14)25-18(17)19(24)21-13-8-5-7-12(20)11-13/h3-5,7-11H,2,6H2,1H3,(H,21,24)(H,22,23). The predicted octanol–water partition coefficient (Wildman–Crippen LogP) is 5.08. The molecule has 3 aromatic rings. The number of hydrogen-bond acceptors (Lipinski definition) is 3. The van der Waals surface area contributed by atoms with Gasteiger partial charge in [-0.1, -0.05) is 36.7 Å². The molecule has 0 fully saturated rings. The van der Waals surface area contributed by atoms with Gasteiger partial charge in [0.05, 0.1) is 0 Å². The van der Waals surface area contributed by atoms with Gasteiger partial charge in [0.15, 0.2) is 0 Å². The zero-order chi connectivity index (χ0) is 17.8. The van der Waals surface area contributed by atoms with E-state index in [1.807, 2.05) is 19.1 Å². The van der Waals surface area contributed by atoms with E-state index in [1.165, 1.54) is 0 Å². The number of halogens is 1. The van der Waals surface area contributed by atoms with Crippen molar-refractivity contribution in [2.45, 2.75) is 19.8 Å². The number of carbonyl (C=O) groups excluding carboxylic acids is 2. The Hall–Kier alpha value is -2.79. The Balaban J connectivity index is 1.96. The summed E-state index contributed by atoms with van der Waals surface area (Å²) in [5.74, 6) is -0.554. The van der Waals surface area contributed by atoms with Crippen molar-refractivity contribution in [1.82, 2.24) is 0 Å². The Morgan fingerprint density at radius 2 is 1.88 bits per heavy atom. The molecule has 1 aromatic heterocycles. The lowest BCUT2D eigenvalue weighted by Crippen LogP contribution is -2.16. The topological polar surface area (TPSA) is 71.3 Å². The molecule has 128 valence electrons. The fourth-order valence-electron chi connectivity index (χ4n) is 2.51. The van der Waals surface area contributed by atoms with E-state index in [0.29, 0.717) is 40.2 Å². The molecule has 3 rings (SSSR count). The molecule has 0 aliphatic carbocycles. The van der Waals surface area contributed by atoms with E-state index < -0.39 is 5.91 Å². The van der Waals surface area contributed by atoms with Crippen LogP contribution in [0.1, 0.15) is 30.3 Å². The van der Waals surface area contributed by atoms with E-state index in [2.05, 4.69) is 10.6 Å². The van der Waals surface area contributed by atoms with Crippen molar-refractivity contribution < 1.29 is 14.0 Å². The number of fused-ring (bicyclic) bond motifs is 1. The van der Waals surface area contributed by atoms with Crippen LogP contribution in [0.3, 0.4) is 0 Å². The Morgan fingerprint density at radius 1 is 1.08 bits per heavy atom. The lowest BCUT2D eigenvalue weighted by atomic mass is 10.2. The summed E-state index contributed by atoms with van der Waals surface area (Å²) in [5.41, 5.74) is 1.46. The summed E-state index contributed by atoms with van der Waals surface area (Å²) in [7, 11) is 0. The van der Waals surface area contributed by atoms with Gasteiger partial charge in [-0.3, -0.25) is 9.59 Å². The quantitative estimate of drug-likeness (QED) is 0.669. The van der Waals surface area contributed by atoms with Crippen LogP contribution in [0.2, 0.25) is 5.02 Å². The van der Waals surface area contributed by atoms with E-state index in [0.717, 1.165) is 0 Å². The van der Waals surface area contributed by atoms with Gasteiger partial charge in [-0.2, -0.15) is 0 Å². The van der Waals surface area contributed by atoms with Gasteiger partial charge in [-0.25, -0.2) is 0 Å². The molecule has 5 nitrogen and oxygen atoms in total. The van der Waals surface area contributed by atoms with Crippen LogP contribution in [0.5, 0.6) is 0 Å². The molecule has 0 bridgehead atoms. The highest BCUT2D eigenvalue weighted by Gasteiger charge is 2.22. The van der Waals surface area contributed by atoms with Gasteiger partial charge in [0.2, 0.25) is 11.7 Å². The lowest BCUT2D eigenvalue weighted by molar-refractivity contribution is -0.116. The normalized spacial score (nSPS) is 10.6. The molecule has 0 radical (unpaired) electrons. The third-order valence-corrected chi connectivity index (χ3v) is 3.86. The summed E-state index contributed by atoms with van der Waals surface area (Å²) >= 11 is 5.94. The van der Waals surface area contributed by atoms with Crippen LogP contribution in [0.25, 0.3) is 11.0 Å². The van der Waals surface area contributed by atoms with Gasteiger partial charge in [-0.15, -0.1) is 0 Å². The monoisotopic (exact) mass is 356 g/mol. The number of nitrogens with one attached hydrogen (secondary N) is 2. The van der Waals surface area contributed by atoms with Crippen LogP contribution >= 0.6 is 11.6 Å². The van der Waals surface area contributed by atoms with Crippen LogP contribution in [0.4, 0.5) is 11.4 Å². The van der Waals surface area contributed by atoms with E-state index in [-0.39, 0.29) is 11.7 Å². The maximum Gasteiger partial charge on any atom is 0.293 e. The zero-order valence-corrected chi connectivity index (χ0v) is 14.4. The molecule has 0 unspecified atom stereocenters. The van der Waals surface area contributed by atoms with Crippen molar-refractivity contribution in [2.24, 2.45) is 0 Å². The first-order valence-corrected chi connectivity index (χ1v) is 8.34. The molecule has 0 spiro atoms. The molecular weight excluding hydrogens is 340 g/mol. The summed E-state index contributed by atoms with van der Waals surface area (Å²) in [6.07, 6.45) is 1.08. The van der Waals surface area contributed by atoms with E-state index in [9.17, 15) is 9.59 Å². The van der Waals surface area contributed by atoms with Crippen LogP contribution in [0, 0.1) is 0 Å². The molecule has 0 saturated carbocycles. The summed E-state index contributed by atoms with van der Waals surface area (Å²) in [6, 6.07) is 14.0. The highest BCUT2D eigenvalue weighted by atomic mass is 35.5. The van der Waals surface area contributed by atoms with Gasteiger partial charge < -0.3 is 15.1 Å². The number of rotatable bonds is 5. The van der Waals surface area contributed by atoms with Gasteiger partial charge in [0, 0.05) is 22.5 Å². The minimum Gasteiger partial charge on any atom is -0.449 e. The second-order valence-electron chi connectivity index (χ2n) is 5.56. The highest BCUT2D eigenvalue weighted by molar-refractivity contribution is 6.31. The Bertz CT molecular complexity index is 933. The molecule has 1 heterocycles. The summed E-state index contributed by atoms with van der Waals surface area (Å²) in [5, 5.41) is 6.73. The molecular formula is C19H17ClN2O3. The van der Waals surface area contributed by atoms with Crippen molar-refractivity contribution in [2.75, 3.05) is 10.6 Å². The first kappa shape index (κ1) is 17.0. The number of anilines is 2. The zero-order valence-electron chi connectivity index (χ0n) is 13.6. The Morgan fingerprint density at radius 3 is 2.64 bits per heavy atom. The van der Waals surface area contributed by atoms with Crippen LogP contribution in [0.15, 0.2) is 52.9 Å². The Labute approximate surface area is 150 Å². The van der Waals surface area contributed by atoms with Crippen LogP contribution < -0.4 is 10.6 Å². The fraction of sp³-hybridized carbons (Fsp3) is 0.158. The minimum absolute atomic E-state index is 0.0608. The smallest absolute Gasteiger partial charge is 0.293 e. The third kappa shape index (κ3) is 3.83. The van der Waals surface area contributed by atoms with Crippen molar-refractivity contribution >= 4 is 45.8 Å². The molecule has 25 heavy (non-hydrogen) atoms. The van der Waals surface area contributed by atoms with E-state index in [4.69, 9.17) is 16.0 Å². The number of para-hydroxylation sites is 1. The first-order chi connectivity index (χ1) is 12.1. The molecule has 0 atom stereocenters. The van der Waals surface area contributed by atoms with Gasteiger partial charge in [-0.05, 0) is 36.8 Å². The number of hydrogen-bond donors (Lipinski definition) is 2. The van der Waals surface area contributed by atoms with E-state index >= 15 is 0 Å². The average molecular weight is 357 g/mol. The molecule has 2 aromatic carbocycles. The molecule has 0 saturated heterocycles. The van der Waals surface area contributed by atoms with Gasteiger partial charge >= 0.3 is 0 Å².